The number of aromatic nitrogens is 4. The minimum absolute atomic E-state index is 0.395. The number of nitrogens with zero attached hydrogens (tertiary/aromatic N) is 3. The molecule has 0 aliphatic rings. The van der Waals surface area contributed by atoms with Crippen molar-refractivity contribution in [2.24, 2.45) is 0 Å². The van der Waals surface area contributed by atoms with E-state index in [4.69, 9.17) is 10.5 Å². The Morgan fingerprint density at radius 3 is 2.65 bits per heavy atom. The lowest BCUT2D eigenvalue weighted by molar-refractivity contribution is 0.415. The number of methoxy groups -OCH3 is 1. The molecule has 100 valence electrons. The summed E-state index contributed by atoms with van der Waals surface area (Å²) in [6.07, 6.45) is 5.21. The van der Waals surface area contributed by atoms with Crippen LogP contribution in [0.25, 0.3) is 23.3 Å². The fourth-order valence-electron chi connectivity index (χ4n) is 1.83. The molecule has 0 bridgehead atoms. The van der Waals surface area contributed by atoms with Gasteiger partial charge in [0, 0.05) is 0 Å². The molecule has 6 heteroatoms. The largest absolute Gasteiger partial charge is 0.497 e. The number of aromatic amines is 1. The van der Waals surface area contributed by atoms with E-state index in [1.165, 1.54) is 6.33 Å². The summed E-state index contributed by atoms with van der Waals surface area (Å²) in [5.41, 5.74) is 8.01. The lowest BCUT2D eigenvalue weighted by Gasteiger charge is -1.98. The van der Waals surface area contributed by atoms with Gasteiger partial charge in [-0.3, -0.25) is 0 Å². The highest BCUT2D eigenvalue weighted by Gasteiger charge is 2.04. The van der Waals surface area contributed by atoms with E-state index in [-0.39, 0.29) is 0 Å². The molecule has 0 spiro atoms. The van der Waals surface area contributed by atoms with E-state index < -0.39 is 0 Å². The first kappa shape index (κ1) is 12.2. The summed E-state index contributed by atoms with van der Waals surface area (Å²) in [6, 6.07) is 7.74. The molecule has 2 aromatic heterocycles. The zero-order valence-electron chi connectivity index (χ0n) is 10.9. The third-order valence-electron chi connectivity index (χ3n) is 2.89. The van der Waals surface area contributed by atoms with Gasteiger partial charge in [-0.05, 0) is 23.8 Å². The van der Waals surface area contributed by atoms with Crippen LogP contribution in [0.2, 0.25) is 0 Å². The predicted octanol–water partition coefficient (Wildman–Crippen LogP) is 2.11. The van der Waals surface area contributed by atoms with Gasteiger partial charge in [-0.15, -0.1) is 0 Å². The number of rotatable bonds is 3. The molecule has 0 atom stereocenters. The molecule has 3 N–H and O–H groups in total. The zero-order valence-corrected chi connectivity index (χ0v) is 10.9. The first-order valence-corrected chi connectivity index (χ1v) is 6.04. The maximum absolute atomic E-state index is 5.75. The minimum atomic E-state index is 0.395. The van der Waals surface area contributed by atoms with Gasteiger partial charge in [0.15, 0.2) is 11.5 Å². The second-order valence-corrected chi connectivity index (χ2v) is 4.19. The molecule has 0 saturated carbocycles. The number of nitrogens with two attached hydrogens (primary N) is 1. The molecule has 0 aliphatic heterocycles. The van der Waals surface area contributed by atoms with Crippen molar-refractivity contribution in [3.8, 4) is 5.75 Å². The summed E-state index contributed by atoms with van der Waals surface area (Å²) in [6.45, 7) is 0. The van der Waals surface area contributed by atoms with Crippen LogP contribution in [-0.4, -0.2) is 27.0 Å². The molecule has 0 unspecified atom stereocenters. The SMILES string of the molecule is COc1ccc(C=Cc2nc3ncnc(N)c3[nH]2)cc1. The van der Waals surface area contributed by atoms with Crippen molar-refractivity contribution in [3.05, 3.63) is 42.0 Å². The number of benzene rings is 1. The average Bonchev–Trinajstić information content (AvgIpc) is 2.90. The number of hydrogen-bond donors (Lipinski definition) is 2. The highest BCUT2D eigenvalue weighted by Crippen LogP contribution is 2.16. The predicted molar refractivity (Wildman–Crippen MR) is 78.0 cm³/mol. The van der Waals surface area contributed by atoms with E-state index in [1.54, 1.807) is 7.11 Å². The van der Waals surface area contributed by atoms with Gasteiger partial charge in [0.05, 0.1) is 7.11 Å². The number of anilines is 1. The topological polar surface area (TPSA) is 89.7 Å². The Hall–Kier alpha value is -2.89. The van der Waals surface area contributed by atoms with Crippen molar-refractivity contribution in [3.63, 3.8) is 0 Å². The van der Waals surface area contributed by atoms with Crippen LogP contribution in [0.1, 0.15) is 11.4 Å². The molecule has 1 aromatic carbocycles. The third-order valence-corrected chi connectivity index (χ3v) is 2.89. The van der Waals surface area contributed by atoms with E-state index >= 15 is 0 Å². The van der Waals surface area contributed by atoms with Gasteiger partial charge in [-0.1, -0.05) is 18.2 Å². The molecule has 6 nitrogen and oxygen atoms in total. The summed E-state index contributed by atoms with van der Waals surface area (Å²) in [4.78, 5) is 15.4. The molecular weight excluding hydrogens is 254 g/mol. The van der Waals surface area contributed by atoms with Crippen LogP contribution in [0.3, 0.4) is 0 Å². The van der Waals surface area contributed by atoms with Crippen LogP contribution >= 0.6 is 0 Å². The highest BCUT2D eigenvalue weighted by atomic mass is 16.5. The Balaban J connectivity index is 1.88. The van der Waals surface area contributed by atoms with Gasteiger partial charge >= 0.3 is 0 Å². The number of nitrogens with one attached hydrogen (secondary N) is 1. The number of nitrogen functional groups attached to an aromatic ring is 1. The summed E-state index contributed by atoms with van der Waals surface area (Å²) < 4.78 is 5.11. The van der Waals surface area contributed by atoms with E-state index in [2.05, 4.69) is 19.9 Å². The van der Waals surface area contributed by atoms with Crippen LogP contribution in [0.15, 0.2) is 30.6 Å². The van der Waals surface area contributed by atoms with Gasteiger partial charge in [0.2, 0.25) is 0 Å². The van der Waals surface area contributed by atoms with Crippen molar-refractivity contribution in [2.45, 2.75) is 0 Å². The van der Waals surface area contributed by atoms with Crippen LogP contribution in [0.4, 0.5) is 5.82 Å². The molecule has 0 fully saturated rings. The summed E-state index contributed by atoms with van der Waals surface area (Å²) in [5.74, 6) is 1.91. The van der Waals surface area contributed by atoms with Crippen LogP contribution in [-0.2, 0) is 0 Å². The maximum atomic E-state index is 5.75. The smallest absolute Gasteiger partial charge is 0.183 e. The van der Waals surface area contributed by atoms with Crippen LogP contribution in [0.5, 0.6) is 5.75 Å². The summed E-state index contributed by atoms with van der Waals surface area (Å²) in [5, 5.41) is 0. The van der Waals surface area contributed by atoms with Gasteiger partial charge < -0.3 is 15.5 Å². The third kappa shape index (κ3) is 2.31. The Kier molecular flexibility index (Phi) is 3.04. The fraction of sp³-hybridized carbons (Fsp3) is 0.0714. The quantitative estimate of drug-likeness (QED) is 0.758. The molecule has 3 aromatic rings. The van der Waals surface area contributed by atoms with E-state index in [9.17, 15) is 0 Å². The number of hydrogen-bond acceptors (Lipinski definition) is 5. The van der Waals surface area contributed by atoms with Crippen LogP contribution in [0, 0.1) is 0 Å². The first-order valence-electron chi connectivity index (χ1n) is 6.04. The zero-order chi connectivity index (χ0) is 13.9. The minimum Gasteiger partial charge on any atom is -0.497 e. The molecule has 0 saturated heterocycles. The van der Waals surface area contributed by atoms with E-state index in [0.29, 0.717) is 22.8 Å². The lowest BCUT2D eigenvalue weighted by Crippen LogP contribution is -1.91. The second kappa shape index (κ2) is 5.00. The summed E-state index contributed by atoms with van der Waals surface area (Å²) >= 11 is 0. The number of ether oxygens (including phenoxy) is 1. The molecule has 0 radical (unpaired) electrons. The number of imidazole rings is 1. The average molecular weight is 267 g/mol. The molecule has 20 heavy (non-hydrogen) atoms. The molecule has 0 aliphatic carbocycles. The van der Waals surface area contributed by atoms with Crippen LogP contribution < -0.4 is 10.5 Å². The van der Waals surface area contributed by atoms with Gasteiger partial charge in [0.1, 0.15) is 23.4 Å². The second-order valence-electron chi connectivity index (χ2n) is 4.19. The molecule has 3 rings (SSSR count). The van der Waals surface area contributed by atoms with Gasteiger partial charge in [-0.2, -0.15) is 0 Å². The Bertz CT molecular complexity index is 761. The van der Waals surface area contributed by atoms with Crippen molar-refractivity contribution in [2.75, 3.05) is 12.8 Å². The van der Waals surface area contributed by atoms with Crippen molar-refractivity contribution < 1.29 is 4.74 Å². The molecule has 2 heterocycles. The van der Waals surface area contributed by atoms with E-state index in [1.807, 2.05) is 36.4 Å². The Morgan fingerprint density at radius 2 is 1.95 bits per heavy atom. The summed E-state index contributed by atoms with van der Waals surface area (Å²) in [7, 11) is 1.64. The normalized spacial score (nSPS) is 11.2. The van der Waals surface area contributed by atoms with Crippen molar-refractivity contribution in [1.82, 2.24) is 19.9 Å². The molecular formula is C14H13N5O. The number of H-pyrrole nitrogens is 1. The number of fused-ring (bicyclic) bond motifs is 1. The molecule has 0 amide bonds. The highest BCUT2D eigenvalue weighted by molar-refractivity contribution is 5.83. The lowest BCUT2D eigenvalue weighted by atomic mass is 10.2. The van der Waals surface area contributed by atoms with Crippen molar-refractivity contribution in [1.29, 1.82) is 0 Å². The Labute approximate surface area is 115 Å². The first-order chi connectivity index (χ1) is 9.76. The van der Waals surface area contributed by atoms with Crippen molar-refractivity contribution >= 4 is 29.1 Å². The van der Waals surface area contributed by atoms with Gasteiger partial charge in [0.25, 0.3) is 0 Å². The maximum Gasteiger partial charge on any atom is 0.183 e. The monoisotopic (exact) mass is 267 g/mol. The van der Waals surface area contributed by atoms with Gasteiger partial charge in [-0.25, -0.2) is 15.0 Å². The fourth-order valence-corrected chi connectivity index (χ4v) is 1.83. The van der Waals surface area contributed by atoms with E-state index in [0.717, 1.165) is 11.3 Å². The standard InChI is InChI=1S/C14H13N5O/c1-20-10-5-2-9(3-6-10)4-7-11-18-12-13(15)16-8-17-14(12)19-11/h2-8H,1H3,(H3,15,16,17,18,19). The Morgan fingerprint density at radius 1 is 1.15 bits per heavy atom.